The number of hydrogen-bond donors (Lipinski definition) is 3. The maximum absolute atomic E-state index is 13.0. The maximum atomic E-state index is 13.0. The Hall–Kier alpha value is -1.94. The minimum Gasteiger partial charge on any atom is -0.462 e. The van der Waals surface area contributed by atoms with Crippen LogP contribution in [0.2, 0.25) is 0 Å². The highest BCUT2D eigenvalue weighted by atomic mass is 31.2. The van der Waals surface area contributed by atoms with Crippen LogP contribution in [0, 0.1) is 11.8 Å². The highest BCUT2D eigenvalue weighted by Gasteiger charge is 2.30. The third kappa shape index (κ3) is 58.8. The first kappa shape index (κ1) is 81.1. The zero-order chi connectivity index (χ0) is 61.5. The predicted molar refractivity (Wildman–Crippen MR) is 331 cm³/mol. The van der Waals surface area contributed by atoms with Crippen LogP contribution in [0.5, 0.6) is 0 Å². The normalized spacial score (nSPS) is 14.3. The van der Waals surface area contributed by atoms with Crippen molar-refractivity contribution >= 4 is 39.5 Å². The van der Waals surface area contributed by atoms with Crippen molar-refractivity contribution in [1.29, 1.82) is 0 Å². The third-order valence-electron chi connectivity index (χ3n) is 14.7. The Bertz CT molecular complexity index is 1630. The van der Waals surface area contributed by atoms with Gasteiger partial charge in [-0.2, -0.15) is 0 Å². The molecule has 0 radical (unpaired) electrons. The Kier molecular flexibility index (Phi) is 55.2. The molecule has 5 atom stereocenters. The van der Waals surface area contributed by atoms with E-state index in [1.807, 2.05) is 0 Å². The monoisotopic (exact) mass is 1230 g/mol. The van der Waals surface area contributed by atoms with Gasteiger partial charge in [0.1, 0.15) is 19.3 Å². The second-order valence-electron chi connectivity index (χ2n) is 24.1. The van der Waals surface area contributed by atoms with Gasteiger partial charge in [0.25, 0.3) is 0 Å². The van der Waals surface area contributed by atoms with Crippen LogP contribution in [0.4, 0.5) is 0 Å². The van der Waals surface area contributed by atoms with E-state index < -0.39 is 97.5 Å². The number of ether oxygens (including phenoxy) is 4. The molecule has 492 valence electrons. The van der Waals surface area contributed by atoms with Crippen LogP contribution < -0.4 is 0 Å². The van der Waals surface area contributed by atoms with Crippen molar-refractivity contribution in [3.63, 3.8) is 0 Å². The lowest BCUT2D eigenvalue weighted by molar-refractivity contribution is -0.161. The molecular weight excluding hydrogens is 1100 g/mol. The minimum absolute atomic E-state index is 0.105. The van der Waals surface area contributed by atoms with Gasteiger partial charge in [0.05, 0.1) is 26.4 Å². The fraction of sp³-hybridized carbons (Fsp3) is 0.938. The molecule has 0 aliphatic carbocycles. The summed E-state index contributed by atoms with van der Waals surface area (Å²) in [6, 6.07) is 0. The van der Waals surface area contributed by atoms with E-state index in [4.69, 9.17) is 37.0 Å². The Morgan fingerprint density at radius 1 is 0.325 bits per heavy atom. The van der Waals surface area contributed by atoms with Crippen molar-refractivity contribution < 1.29 is 80.2 Å². The van der Waals surface area contributed by atoms with Gasteiger partial charge in [-0.05, 0) is 37.5 Å². The van der Waals surface area contributed by atoms with Gasteiger partial charge in [0.15, 0.2) is 12.2 Å². The van der Waals surface area contributed by atoms with Crippen molar-refractivity contribution in [1.82, 2.24) is 0 Å². The first-order valence-electron chi connectivity index (χ1n) is 33.5. The van der Waals surface area contributed by atoms with E-state index >= 15 is 0 Å². The number of esters is 4. The van der Waals surface area contributed by atoms with Crippen molar-refractivity contribution in [2.24, 2.45) is 11.8 Å². The Labute approximate surface area is 505 Å². The molecule has 0 heterocycles. The third-order valence-corrected chi connectivity index (χ3v) is 16.6. The molecule has 17 nitrogen and oxygen atoms in total. The summed E-state index contributed by atoms with van der Waals surface area (Å²) < 4.78 is 67.9. The summed E-state index contributed by atoms with van der Waals surface area (Å²) >= 11 is 0. The molecule has 0 rings (SSSR count). The molecule has 0 fully saturated rings. The molecule has 83 heavy (non-hydrogen) atoms. The molecule has 0 spiro atoms. The number of hydrogen-bond acceptors (Lipinski definition) is 15. The van der Waals surface area contributed by atoms with E-state index in [-0.39, 0.29) is 25.7 Å². The van der Waals surface area contributed by atoms with Crippen LogP contribution in [-0.4, -0.2) is 96.7 Å². The SMILES string of the molecule is CCCCCCCCCCCC(=O)O[C@H](COC(=O)CCCCCCCCCC)COP(=O)(O)OC[C@H](O)COP(=O)(O)OC[C@@H](COC(=O)CCCCCCCCCC(C)C)OC(=O)CCCCCCCCCCCCCCCC(C)C. The zero-order valence-electron chi connectivity index (χ0n) is 53.5. The lowest BCUT2D eigenvalue weighted by atomic mass is 10.0. The molecule has 0 bridgehead atoms. The highest BCUT2D eigenvalue weighted by molar-refractivity contribution is 7.47. The molecule has 0 aromatic heterocycles. The summed E-state index contributed by atoms with van der Waals surface area (Å²) in [6.07, 6.45) is 39.1. The Morgan fingerprint density at radius 3 is 0.819 bits per heavy atom. The first-order chi connectivity index (χ1) is 39.9. The molecule has 0 saturated heterocycles. The van der Waals surface area contributed by atoms with Crippen LogP contribution >= 0.6 is 15.6 Å². The summed E-state index contributed by atoms with van der Waals surface area (Å²) in [5, 5.41) is 10.5. The molecule has 0 saturated carbocycles. The predicted octanol–water partition coefficient (Wildman–Crippen LogP) is 17.7. The number of aliphatic hydroxyl groups is 1. The molecule has 0 amide bonds. The number of rotatable bonds is 63. The van der Waals surface area contributed by atoms with Crippen molar-refractivity contribution in [2.45, 2.75) is 336 Å². The summed E-state index contributed by atoms with van der Waals surface area (Å²) in [4.78, 5) is 72.1. The van der Waals surface area contributed by atoms with E-state index in [1.54, 1.807) is 0 Å². The van der Waals surface area contributed by atoms with E-state index in [0.29, 0.717) is 31.6 Å². The van der Waals surface area contributed by atoms with Crippen molar-refractivity contribution in [3.05, 3.63) is 0 Å². The number of carbonyl (C=O) groups excluding carboxylic acids is 4. The van der Waals surface area contributed by atoms with Gasteiger partial charge in [-0.3, -0.25) is 37.3 Å². The fourth-order valence-corrected chi connectivity index (χ4v) is 11.1. The summed E-state index contributed by atoms with van der Waals surface area (Å²) in [5.74, 6) is -0.646. The molecule has 2 unspecified atom stereocenters. The Balaban J connectivity index is 5.20. The molecule has 3 N–H and O–H groups in total. The second-order valence-corrected chi connectivity index (χ2v) is 27.0. The average Bonchev–Trinajstić information content (AvgIpc) is 3.45. The van der Waals surface area contributed by atoms with Gasteiger partial charge in [-0.1, -0.05) is 266 Å². The second kappa shape index (κ2) is 56.6. The van der Waals surface area contributed by atoms with E-state index in [0.717, 1.165) is 109 Å². The number of unbranched alkanes of at least 4 members (excludes halogenated alkanes) is 33. The van der Waals surface area contributed by atoms with Crippen LogP contribution in [-0.2, 0) is 65.4 Å². The number of carbonyl (C=O) groups is 4. The molecule has 19 heteroatoms. The van der Waals surface area contributed by atoms with Crippen molar-refractivity contribution in [2.75, 3.05) is 39.6 Å². The summed E-state index contributed by atoms with van der Waals surface area (Å²) in [6.45, 7) is 9.42. The minimum atomic E-state index is -4.94. The van der Waals surface area contributed by atoms with Gasteiger partial charge >= 0.3 is 39.5 Å². The lowest BCUT2D eigenvalue weighted by Crippen LogP contribution is -2.30. The van der Waals surface area contributed by atoms with E-state index in [2.05, 4.69) is 41.5 Å². The topological polar surface area (TPSA) is 237 Å². The van der Waals surface area contributed by atoms with Crippen LogP contribution in [0.15, 0.2) is 0 Å². The number of aliphatic hydroxyl groups excluding tert-OH is 1. The number of phosphoric ester groups is 2. The molecule has 0 aromatic carbocycles. The fourth-order valence-electron chi connectivity index (χ4n) is 9.53. The van der Waals surface area contributed by atoms with Crippen LogP contribution in [0.3, 0.4) is 0 Å². The van der Waals surface area contributed by atoms with Gasteiger partial charge < -0.3 is 33.8 Å². The summed E-state index contributed by atoms with van der Waals surface area (Å²) in [7, 11) is -9.88. The van der Waals surface area contributed by atoms with Crippen LogP contribution in [0.25, 0.3) is 0 Å². The van der Waals surface area contributed by atoms with Gasteiger partial charge in [-0.25, -0.2) is 9.13 Å². The maximum Gasteiger partial charge on any atom is 0.472 e. The van der Waals surface area contributed by atoms with Gasteiger partial charge in [0.2, 0.25) is 0 Å². The molecule has 0 aliphatic heterocycles. The van der Waals surface area contributed by atoms with Gasteiger partial charge in [-0.15, -0.1) is 0 Å². The largest absolute Gasteiger partial charge is 0.472 e. The highest BCUT2D eigenvalue weighted by Crippen LogP contribution is 2.45. The van der Waals surface area contributed by atoms with E-state index in [1.165, 1.54) is 122 Å². The number of phosphoric acid groups is 2. The van der Waals surface area contributed by atoms with Crippen molar-refractivity contribution in [3.8, 4) is 0 Å². The average molecular weight is 1230 g/mol. The molecular formula is C64H124O17P2. The van der Waals surface area contributed by atoms with Gasteiger partial charge in [0, 0.05) is 25.7 Å². The lowest BCUT2D eigenvalue weighted by Gasteiger charge is -2.21. The molecule has 0 aromatic rings. The van der Waals surface area contributed by atoms with E-state index in [9.17, 15) is 43.2 Å². The first-order valence-corrected chi connectivity index (χ1v) is 36.5. The quantitative estimate of drug-likeness (QED) is 0.0222. The smallest absolute Gasteiger partial charge is 0.462 e. The summed E-state index contributed by atoms with van der Waals surface area (Å²) in [5.41, 5.74) is 0. The standard InChI is InChI=1S/C64H124O17P2/c1-7-9-11-13-15-22-29-36-42-48-63(68)80-59(52-74-61(66)46-40-34-28-16-14-12-10-8-2)54-78-82(70,71)76-50-58(65)51-77-83(72,73)79-55-60(53-75-62(67)47-41-35-31-25-27-33-39-45-57(5)6)81-64(69)49-43-37-30-24-21-19-17-18-20-23-26-32-38-44-56(3)4/h56-60,65H,7-55H2,1-6H3,(H,70,71)(H,72,73)/t58-,59+,60+/m0/s1. The molecule has 0 aliphatic rings. The zero-order valence-corrected chi connectivity index (χ0v) is 55.3. The van der Waals surface area contributed by atoms with Crippen LogP contribution in [0.1, 0.15) is 318 Å². The Morgan fingerprint density at radius 2 is 0.554 bits per heavy atom.